The molecule has 0 aliphatic carbocycles. The highest BCUT2D eigenvalue weighted by Crippen LogP contribution is 2.41. The predicted molar refractivity (Wildman–Crippen MR) is 61.6 cm³/mol. The van der Waals surface area contributed by atoms with Crippen LogP contribution in [0.15, 0.2) is 12.1 Å². The van der Waals surface area contributed by atoms with Gasteiger partial charge in [0, 0.05) is 5.56 Å². The van der Waals surface area contributed by atoms with Crippen molar-refractivity contribution < 1.29 is 14.6 Å². The Kier molecular flexibility index (Phi) is 3.26. The van der Waals surface area contributed by atoms with E-state index in [0.29, 0.717) is 40.8 Å². The van der Waals surface area contributed by atoms with E-state index < -0.39 is 11.9 Å². The molecule has 1 aliphatic heterocycles. The molecule has 2 rings (SSSR count). The van der Waals surface area contributed by atoms with Crippen LogP contribution in [0.25, 0.3) is 0 Å². The number of hydrogen-bond acceptors (Lipinski definition) is 2. The zero-order chi connectivity index (χ0) is 11.7. The van der Waals surface area contributed by atoms with E-state index in [1.165, 1.54) is 0 Å². The number of hydrogen-bond donors (Lipinski definition) is 1. The molecule has 0 fully saturated rings. The maximum Gasteiger partial charge on any atom is 0.311 e. The van der Waals surface area contributed by atoms with Crippen LogP contribution in [-0.2, 0) is 4.79 Å². The third-order valence-corrected chi connectivity index (χ3v) is 3.42. The molecule has 0 aromatic heterocycles. The lowest BCUT2D eigenvalue weighted by Gasteiger charge is -2.14. The maximum atomic E-state index is 11.1. The van der Waals surface area contributed by atoms with Crippen LogP contribution in [0.3, 0.4) is 0 Å². The largest absolute Gasteiger partial charge is 0.492 e. The number of benzene rings is 1. The summed E-state index contributed by atoms with van der Waals surface area (Å²) in [5, 5.41) is 9.82. The van der Waals surface area contributed by atoms with Crippen molar-refractivity contribution in [3.8, 4) is 5.75 Å². The second-order valence-electron chi connectivity index (χ2n) is 3.66. The monoisotopic (exact) mass is 260 g/mol. The fourth-order valence-corrected chi connectivity index (χ4v) is 2.22. The molecule has 16 heavy (non-hydrogen) atoms. The van der Waals surface area contributed by atoms with Crippen LogP contribution in [-0.4, -0.2) is 17.7 Å². The van der Waals surface area contributed by atoms with Gasteiger partial charge in [-0.05, 0) is 18.9 Å². The van der Waals surface area contributed by atoms with Gasteiger partial charge in [-0.25, -0.2) is 0 Å². The molecule has 1 aromatic carbocycles. The molecule has 1 aliphatic rings. The van der Waals surface area contributed by atoms with Gasteiger partial charge in [0.25, 0.3) is 0 Å². The van der Waals surface area contributed by atoms with E-state index in [2.05, 4.69) is 0 Å². The minimum Gasteiger partial charge on any atom is -0.492 e. The third kappa shape index (κ3) is 1.97. The molecule has 0 amide bonds. The highest BCUT2D eigenvalue weighted by Gasteiger charge is 2.27. The molecule has 1 atom stereocenters. The number of rotatable bonds is 1. The first-order valence-electron chi connectivity index (χ1n) is 4.94. The number of halogens is 2. The lowest BCUT2D eigenvalue weighted by atomic mass is 9.94. The number of fused-ring (bicyclic) bond motifs is 1. The minimum absolute atomic E-state index is 0.298. The summed E-state index contributed by atoms with van der Waals surface area (Å²) in [4.78, 5) is 11.1. The van der Waals surface area contributed by atoms with Crippen molar-refractivity contribution in [1.82, 2.24) is 0 Å². The summed E-state index contributed by atoms with van der Waals surface area (Å²) in [5.74, 6) is -1.00. The number of carbonyl (C=O) groups is 1. The average molecular weight is 261 g/mol. The quantitative estimate of drug-likeness (QED) is 0.843. The second kappa shape index (κ2) is 4.52. The van der Waals surface area contributed by atoms with Gasteiger partial charge >= 0.3 is 5.97 Å². The Morgan fingerprint density at radius 1 is 1.44 bits per heavy atom. The molecule has 1 aromatic rings. The molecular weight excluding hydrogens is 251 g/mol. The van der Waals surface area contributed by atoms with E-state index in [0.717, 1.165) is 0 Å². The first kappa shape index (κ1) is 11.6. The van der Waals surface area contributed by atoms with Crippen molar-refractivity contribution in [2.75, 3.05) is 6.61 Å². The summed E-state index contributed by atoms with van der Waals surface area (Å²) in [6.07, 6.45) is 1.25. The molecule has 0 saturated carbocycles. The molecule has 3 nitrogen and oxygen atoms in total. The standard InChI is InChI=1S/C11H10Cl2O3/c12-8-4-3-6-7(11(14)15)2-1-5-16-10(6)9(8)13/h3-4,7H,1-2,5H2,(H,14,15). The van der Waals surface area contributed by atoms with E-state index in [9.17, 15) is 4.79 Å². The van der Waals surface area contributed by atoms with Gasteiger partial charge in [-0.3, -0.25) is 4.79 Å². The molecule has 1 heterocycles. The van der Waals surface area contributed by atoms with Gasteiger partial charge < -0.3 is 9.84 Å². The van der Waals surface area contributed by atoms with Gasteiger partial charge in [-0.15, -0.1) is 0 Å². The lowest BCUT2D eigenvalue weighted by molar-refractivity contribution is -0.138. The molecular formula is C11H10Cl2O3. The maximum absolute atomic E-state index is 11.1. The molecule has 1 unspecified atom stereocenters. The average Bonchev–Trinajstić information content (AvgIpc) is 2.46. The highest BCUT2D eigenvalue weighted by molar-refractivity contribution is 6.43. The van der Waals surface area contributed by atoms with E-state index in [4.69, 9.17) is 33.0 Å². The molecule has 0 saturated heterocycles. The van der Waals surface area contributed by atoms with Crippen molar-refractivity contribution >= 4 is 29.2 Å². The van der Waals surface area contributed by atoms with Gasteiger partial charge in [-0.1, -0.05) is 29.3 Å². The smallest absolute Gasteiger partial charge is 0.311 e. The molecule has 0 spiro atoms. The Morgan fingerprint density at radius 2 is 2.19 bits per heavy atom. The van der Waals surface area contributed by atoms with Gasteiger partial charge in [0.05, 0.1) is 17.5 Å². The summed E-state index contributed by atoms with van der Waals surface area (Å²) < 4.78 is 5.46. The first-order chi connectivity index (χ1) is 7.61. The van der Waals surface area contributed by atoms with Crippen LogP contribution < -0.4 is 4.74 Å². The Bertz CT molecular complexity index is 431. The number of ether oxygens (including phenoxy) is 1. The highest BCUT2D eigenvalue weighted by atomic mass is 35.5. The Labute approximate surface area is 103 Å². The third-order valence-electron chi connectivity index (χ3n) is 2.64. The van der Waals surface area contributed by atoms with Crippen molar-refractivity contribution in [2.24, 2.45) is 0 Å². The zero-order valence-electron chi connectivity index (χ0n) is 8.37. The van der Waals surface area contributed by atoms with Crippen molar-refractivity contribution in [3.63, 3.8) is 0 Å². The predicted octanol–water partition coefficient (Wildman–Crippen LogP) is 3.33. The topological polar surface area (TPSA) is 46.5 Å². The SMILES string of the molecule is O=C(O)C1CCCOc2c1ccc(Cl)c2Cl. The Balaban J connectivity index is 2.54. The molecule has 0 bridgehead atoms. The lowest BCUT2D eigenvalue weighted by Crippen LogP contribution is -2.10. The Hall–Kier alpha value is -0.930. The molecule has 1 N–H and O–H groups in total. The van der Waals surface area contributed by atoms with Gasteiger partial charge in [0.2, 0.25) is 0 Å². The van der Waals surface area contributed by atoms with Crippen LogP contribution in [0.5, 0.6) is 5.75 Å². The summed E-state index contributed by atoms with van der Waals surface area (Å²) in [6.45, 7) is 0.469. The van der Waals surface area contributed by atoms with E-state index in [-0.39, 0.29) is 0 Å². The first-order valence-corrected chi connectivity index (χ1v) is 5.70. The number of carboxylic acid groups (broad SMARTS) is 1. The number of carboxylic acids is 1. The van der Waals surface area contributed by atoms with Crippen LogP contribution in [0.2, 0.25) is 10.0 Å². The van der Waals surface area contributed by atoms with Gasteiger partial charge in [0.15, 0.2) is 0 Å². The minimum atomic E-state index is -0.856. The van der Waals surface area contributed by atoms with E-state index in [1.54, 1.807) is 12.1 Å². The summed E-state index contributed by atoms with van der Waals surface area (Å²) >= 11 is 11.9. The van der Waals surface area contributed by atoms with Crippen molar-refractivity contribution in [2.45, 2.75) is 18.8 Å². The van der Waals surface area contributed by atoms with Gasteiger partial charge in [-0.2, -0.15) is 0 Å². The van der Waals surface area contributed by atoms with Crippen LogP contribution in [0.4, 0.5) is 0 Å². The molecule has 0 radical (unpaired) electrons. The molecule has 5 heteroatoms. The summed E-state index contributed by atoms with van der Waals surface area (Å²) in [6, 6.07) is 3.28. The second-order valence-corrected chi connectivity index (χ2v) is 4.45. The normalized spacial score (nSPS) is 19.5. The van der Waals surface area contributed by atoms with E-state index >= 15 is 0 Å². The van der Waals surface area contributed by atoms with Crippen LogP contribution in [0, 0.1) is 0 Å². The fraction of sp³-hybridized carbons (Fsp3) is 0.364. The zero-order valence-corrected chi connectivity index (χ0v) is 9.88. The fourth-order valence-electron chi connectivity index (χ4n) is 1.84. The van der Waals surface area contributed by atoms with E-state index in [1.807, 2.05) is 0 Å². The number of aliphatic carboxylic acids is 1. The molecule has 86 valence electrons. The summed E-state index contributed by atoms with van der Waals surface area (Å²) in [7, 11) is 0. The van der Waals surface area contributed by atoms with Crippen LogP contribution >= 0.6 is 23.2 Å². The Morgan fingerprint density at radius 3 is 2.88 bits per heavy atom. The van der Waals surface area contributed by atoms with Crippen molar-refractivity contribution in [3.05, 3.63) is 27.7 Å². The summed E-state index contributed by atoms with van der Waals surface area (Å²) in [5.41, 5.74) is 0.611. The van der Waals surface area contributed by atoms with Gasteiger partial charge in [0.1, 0.15) is 10.8 Å². The van der Waals surface area contributed by atoms with Crippen molar-refractivity contribution in [1.29, 1.82) is 0 Å². The van der Waals surface area contributed by atoms with Crippen LogP contribution in [0.1, 0.15) is 24.3 Å².